The van der Waals surface area contributed by atoms with Crippen LogP contribution in [-0.4, -0.2) is 153 Å². The molecule has 0 radical (unpaired) electrons. The first-order valence-electron chi connectivity index (χ1n) is 15.2. The standard InChI is InChI=1S/C13H21F7N2O4S.C11H19F7N2O2S.C2H3ClO2.Na/c1-22(2,9-10(23)24)7-4-6-21-27(25,26)8-3-5-11(14,12(15,16)17)13(18,19)20;1-20(2)7-4-6-19-23(21,22)8-3-5-9(12,10(13,14)15)11(16,17)18;3-1-2(4)5;/h21H,3-9H2,1-2H3;19H,3-8H2,1-2H3;1H2,(H,4,5);/q;;;+1/p-1. The summed E-state index contributed by atoms with van der Waals surface area (Å²) in [4.78, 5) is 21.4. The van der Waals surface area contributed by atoms with E-state index in [1.54, 1.807) is 33.1 Å². The molecule has 0 rings (SSSR count). The van der Waals surface area contributed by atoms with E-state index in [0.717, 1.165) is 0 Å². The number of hydrogen-bond donors (Lipinski definition) is 2. The number of halogens is 15. The number of rotatable bonds is 21. The third-order valence-corrected chi connectivity index (χ3v) is 9.86. The van der Waals surface area contributed by atoms with Crippen LogP contribution in [0, 0.1) is 0 Å². The number of carbonyl (C=O) groups excluding carboxylic acids is 2. The van der Waals surface area contributed by atoms with Gasteiger partial charge in [0.2, 0.25) is 20.0 Å². The van der Waals surface area contributed by atoms with Crippen LogP contribution >= 0.6 is 11.6 Å². The van der Waals surface area contributed by atoms with Crippen molar-refractivity contribution in [2.45, 2.75) is 74.6 Å². The molecule has 0 aromatic rings. The van der Waals surface area contributed by atoms with E-state index in [2.05, 4.69) is 11.6 Å². The van der Waals surface area contributed by atoms with Gasteiger partial charge in [0, 0.05) is 32.4 Å². The Balaban J connectivity index is -0.000000427. The molecule has 2 N–H and O–H groups in total. The number of quaternary nitrogens is 1. The van der Waals surface area contributed by atoms with Gasteiger partial charge in [-0.3, -0.25) is 0 Å². The van der Waals surface area contributed by atoms with E-state index in [1.807, 2.05) is 9.44 Å². The molecule has 0 aromatic heterocycles. The normalized spacial score (nSPS) is 13.6. The second-order valence-corrected chi connectivity index (χ2v) is 16.6. The Morgan fingerprint density at radius 3 is 1.18 bits per heavy atom. The number of nitrogens with zero attached hydrogens (tertiary/aromatic N) is 2. The summed E-state index contributed by atoms with van der Waals surface area (Å²) in [5, 5.41) is 19.6. The molecule has 0 aliphatic heterocycles. The molecule has 0 bridgehead atoms. The molecular weight excluding hydrogens is 885 g/mol. The first-order valence-corrected chi connectivity index (χ1v) is 19.1. The maximum Gasteiger partial charge on any atom is 1.00 e. The van der Waals surface area contributed by atoms with Gasteiger partial charge in [0.05, 0.1) is 50.0 Å². The van der Waals surface area contributed by atoms with Gasteiger partial charge in [-0.25, -0.2) is 35.1 Å². The van der Waals surface area contributed by atoms with E-state index < -0.39 is 111 Å². The predicted octanol–water partition coefficient (Wildman–Crippen LogP) is -0.815. The van der Waals surface area contributed by atoms with Crippen LogP contribution in [0.3, 0.4) is 0 Å². The summed E-state index contributed by atoms with van der Waals surface area (Å²) in [5.74, 6) is -5.11. The van der Waals surface area contributed by atoms with E-state index in [-0.39, 0.29) is 66.6 Å². The largest absolute Gasteiger partial charge is 1.00 e. The Morgan fingerprint density at radius 1 is 0.625 bits per heavy atom. The minimum atomic E-state index is -6.22. The predicted molar refractivity (Wildman–Crippen MR) is 164 cm³/mol. The van der Waals surface area contributed by atoms with E-state index in [0.29, 0.717) is 13.0 Å². The van der Waals surface area contributed by atoms with Gasteiger partial charge in [0.15, 0.2) is 0 Å². The van der Waals surface area contributed by atoms with Crippen molar-refractivity contribution in [3.05, 3.63) is 0 Å². The zero-order chi connectivity index (χ0) is 44.5. The van der Waals surface area contributed by atoms with Crippen LogP contribution in [0.25, 0.3) is 0 Å². The van der Waals surface area contributed by atoms with Gasteiger partial charge in [-0.2, -0.15) is 52.7 Å². The van der Waals surface area contributed by atoms with Crippen LogP contribution in [0.1, 0.15) is 38.5 Å². The third kappa shape index (κ3) is 25.5. The Labute approximate surface area is 341 Å². The van der Waals surface area contributed by atoms with Gasteiger partial charge in [0.1, 0.15) is 6.54 Å². The number of carboxylic acid groups (broad SMARTS) is 2. The molecule has 0 unspecified atom stereocenters. The summed E-state index contributed by atoms with van der Waals surface area (Å²) in [6.07, 6.45) is -30.6. The molecule has 0 heterocycles. The summed E-state index contributed by atoms with van der Waals surface area (Å²) >= 11 is 4.67. The first kappa shape index (κ1) is 61.7. The number of nitrogens with one attached hydrogen (secondary N) is 2. The second kappa shape index (κ2) is 24.9. The summed E-state index contributed by atoms with van der Waals surface area (Å²) in [5.41, 5.74) is -10.9. The number of hydrogen-bond acceptors (Lipinski definition) is 9. The van der Waals surface area contributed by atoms with Crippen molar-refractivity contribution in [3.63, 3.8) is 0 Å². The van der Waals surface area contributed by atoms with Crippen molar-refractivity contribution in [2.24, 2.45) is 0 Å². The minimum Gasteiger partial charge on any atom is -0.549 e. The summed E-state index contributed by atoms with van der Waals surface area (Å²) in [7, 11) is -1.72. The average molecular weight is 927 g/mol. The molecule has 0 aromatic carbocycles. The molecule has 0 amide bonds. The fourth-order valence-electron chi connectivity index (χ4n) is 3.83. The van der Waals surface area contributed by atoms with Crippen LogP contribution in [0.15, 0.2) is 0 Å². The maximum absolute atomic E-state index is 13.4. The van der Waals surface area contributed by atoms with E-state index in [9.17, 15) is 88.2 Å². The van der Waals surface area contributed by atoms with Crippen molar-refractivity contribution < 1.29 is 132 Å². The van der Waals surface area contributed by atoms with Gasteiger partial charge in [-0.1, -0.05) is 0 Å². The fourth-order valence-corrected chi connectivity index (χ4v) is 6.08. The van der Waals surface area contributed by atoms with Gasteiger partial charge in [-0.05, 0) is 39.9 Å². The quantitative estimate of drug-likeness (QED) is 0.0491. The van der Waals surface area contributed by atoms with E-state index >= 15 is 0 Å². The number of sulfonamides is 2. The monoisotopic (exact) mass is 926 g/mol. The molecule has 0 fully saturated rings. The van der Waals surface area contributed by atoms with Crippen LogP contribution in [-0.2, 0) is 29.6 Å². The van der Waals surface area contributed by atoms with Gasteiger partial charge < -0.3 is 29.2 Å². The molecule has 0 saturated heterocycles. The molecule has 0 atom stereocenters. The number of alkyl halides is 15. The van der Waals surface area contributed by atoms with Crippen molar-refractivity contribution in [1.82, 2.24) is 14.3 Å². The molecular formula is C26H42ClF14N4NaO8S2. The fraction of sp³-hybridized carbons (Fsp3) is 0.923. The van der Waals surface area contributed by atoms with Crippen LogP contribution < -0.4 is 49.2 Å². The van der Waals surface area contributed by atoms with Crippen LogP contribution in [0.4, 0.5) is 61.5 Å². The Morgan fingerprint density at radius 2 is 0.929 bits per heavy atom. The van der Waals surface area contributed by atoms with E-state index in [1.165, 1.54) is 0 Å². The Kier molecular flexibility index (Phi) is 27.4. The van der Waals surface area contributed by atoms with Crippen molar-refractivity contribution in [2.75, 3.05) is 78.3 Å². The maximum atomic E-state index is 13.4. The minimum absolute atomic E-state index is 0. The van der Waals surface area contributed by atoms with Crippen molar-refractivity contribution in [1.29, 1.82) is 0 Å². The molecule has 12 nitrogen and oxygen atoms in total. The smallest absolute Gasteiger partial charge is 0.549 e. The SMILES string of the molecule is CN(C)CCCNS(=O)(=O)CCCC(F)(C(F)(F)F)C(F)(F)F.C[N+](C)(CCCNS(=O)(=O)CCCC(F)(C(F)(F)F)C(F)(F)F)CC(=O)[O-].O=C([O-])CCl.[Na+]. The zero-order valence-electron chi connectivity index (χ0n) is 30.5. The summed E-state index contributed by atoms with van der Waals surface area (Å²) in [6, 6.07) is 0. The van der Waals surface area contributed by atoms with Crippen LogP contribution in [0.2, 0.25) is 0 Å². The number of carbonyl (C=O) groups is 2. The molecule has 30 heteroatoms. The topological polar surface area (TPSA) is 176 Å². The number of aliphatic carboxylic acids is 2. The van der Waals surface area contributed by atoms with Crippen molar-refractivity contribution in [3.8, 4) is 0 Å². The molecule has 0 spiro atoms. The van der Waals surface area contributed by atoms with Gasteiger partial charge in [0.25, 0.3) is 11.3 Å². The molecule has 56 heavy (non-hydrogen) atoms. The average Bonchev–Trinajstić information content (AvgIpc) is 2.95. The van der Waals surface area contributed by atoms with Crippen LogP contribution in [0.5, 0.6) is 0 Å². The summed E-state index contributed by atoms with van der Waals surface area (Å²) in [6.45, 7) is 0.195. The van der Waals surface area contributed by atoms with E-state index in [4.69, 9.17) is 9.90 Å². The molecule has 0 aliphatic carbocycles. The molecule has 0 saturated carbocycles. The van der Waals surface area contributed by atoms with Gasteiger partial charge in [-0.15, -0.1) is 11.6 Å². The Bertz CT molecular complexity index is 1360. The third-order valence-electron chi connectivity index (χ3n) is 6.70. The van der Waals surface area contributed by atoms with Crippen molar-refractivity contribution >= 4 is 43.6 Å². The molecule has 0 aliphatic rings. The van der Waals surface area contributed by atoms with Gasteiger partial charge >= 0.3 is 54.3 Å². The Hall–Kier alpha value is -1.01. The molecule has 332 valence electrons. The second-order valence-electron chi connectivity index (χ2n) is 12.4. The number of carboxylic acids is 2. The zero-order valence-corrected chi connectivity index (χ0v) is 34.9. The first-order chi connectivity index (χ1) is 24.2. The summed E-state index contributed by atoms with van der Waals surface area (Å²) < 4.78 is 225. The number of likely N-dealkylation sites (N-methyl/N-ethyl adjacent to an activating group) is 1.